The van der Waals surface area contributed by atoms with Crippen molar-refractivity contribution < 1.29 is 9.26 Å². The predicted molar refractivity (Wildman–Crippen MR) is 72.0 cm³/mol. The monoisotopic (exact) mass is 266 g/mol. The molecule has 2 N–H and O–H groups in total. The van der Waals surface area contributed by atoms with E-state index in [4.69, 9.17) is 26.6 Å². The smallest absolute Gasteiger partial charge is 0.229 e. The van der Waals surface area contributed by atoms with Crippen LogP contribution in [0, 0.1) is 0 Å². The minimum absolute atomic E-state index is 0.265. The highest BCUT2D eigenvalue weighted by molar-refractivity contribution is 6.31. The summed E-state index contributed by atoms with van der Waals surface area (Å²) >= 11 is 6.10. The summed E-state index contributed by atoms with van der Waals surface area (Å²) in [4.78, 5) is 0. The second kappa shape index (κ2) is 4.90. The van der Waals surface area contributed by atoms with Crippen molar-refractivity contribution >= 4 is 17.5 Å². The van der Waals surface area contributed by atoms with Gasteiger partial charge in [0.05, 0.1) is 18.9 Å². The number of nitrogens with zero attached hydrogens (tertiary/aromatic N) is 1. The maximum absolute atomic E-state index is 6.10. The molecule has 0 radical (unpaired) electrons. The van der Waals surface area contributed by atoms with E-state index in [1.807, 2.05) is 6.07 Å². The van der Waals surface area contributed by atoms with Gasteiger partial charge in [0.25, 0.3) is 0 Å². The number of nitrogens with two attached hydrogens (primary N) is 1. The SMILES string of the molecule is COc1cc(Cl)cc(-c2cnoc2N)c1C(C)C. The van der Waals surface area contributed by atoms with Crippen molar-refractivity contribution in [2.45, 2.75) is 19.8 Å². The molecule has 0 bridgehead atoms. The molecular formula is C13H15ClN2O2. The molecule has 0 saturated carbocycles. The van der Waals surface area contributed by atoms with Gasteiger partial charge >= 0.3 is 0 Å². The number of ether oxygens (including phenoxy) is 1. The number of halogens is 1. The molecule has 1 heterocycles. The van der Waals surface area contributed by atoms with E-state index in [9.17, 15) is 0 Å². The minimum atomic E-state index is 0.265. The predicted octanol–water partition coefficient (Wildman–Crippen LogP) is 3.71. The third-order valence-corrected chi connectivity index (χ3v) is 3.01. The van der Waals surface area contributed by atoms with Crippen LogP contribution in [0.4, 0.5) is 5.88 Å². The molecule has 2 rings (SSSR count). The van der Waals surface area contributed by atoms with Crippen LogP contribution < -0.4 is 10.5 Å². The molecule has 0 unspecified atom stereocenters. The number of nitrogen functional groups attached to an aromatic ring is 1. The number of benzene rings is 1. The Morgan fingerprint density at radius 1 is 1.33 bits per heavy atom. The molecule has 18 heavy (non-hydrogen) atoms. The lowest BCUT2D eigenvalue weighted by atomic mass is 9.92. The van der Waals surface area contributed by atoms with Gasteiger partial charge in [-0.05, 0) is 23.6 Å². The van der Waals surface area contributed by atoms with Crippen LogP contribution in [0.1, 0.15) is 25.3 Å². The minimum Gasteiger partial charge on any atom is -0.496 e. The van der Waals surface area contributed by atoms with E-state index in [0.29, 0.717) is 5.02 Å². The Bertz CT molecular complexity index is 564. The zero-order chi connectivity index (χ0) is 13.3. The molecule has 0 amide bonds. The highest BCUT2D eigenvalue weighted by Gasteiger charge is 2.19. The third kappa shape index (κ3) is 2.16. The summed E-state index contributed by atoms with van der Waals surface area (Å²) in [7, 11) is 1.62. The van der Waals surface area contributed by atoms with E-state index >= 15 is 0 Å². The van der Waals surface area contributed by atoms with Crippen molar-refractivity contribution in [2.75, 3.05) is 12.8 Å². The van der Waals surface area contributed by atoms with Crippen molar-refractivity contribution in [3.8, 4) is 16.9 Å². The first-order valence-corrected chi connectivity index (χ1v) is 6.00. The molecule has 0 aliphatic heterocycles. The average molecular weight is 267 g/mol. The van der Waals surface area contributed by atoms with Gasteiger partial charge in [0, 0.05) is 10.6 Å². The Kier molecular flexibility index (Phi) is 3.48. The van der Waals surface area contributed by atoms with Crippen molar-refractivity contribution in [2.24, 2.45) is 0 Å². The highest BCUT2D eigenvalue weighted by atomic mass is 35.5. The van der Waals surface area contributed by atoms with Crippen molar-refractivity contribution in [3.05, 3.63) is 28.9 Å². The van der Waals surface area contributed by atoms with Gasteiger partial charge in [-0.25, -0.2) is 0 Å². The molecule has 2 aromatic rings. The maximum Gasteiger partial charge on any atom is 0.229 e. The summed E-state index contributed by atoms with van der Waals surface area (Å²) in [5, 5.41) is 4.29. The Balaban J connectivity index is 2.73. The van der Waals surface area contributed by atoms with Crippen LogP contribution in [-0.2, 0) is 0 Å². The first-order valence-electron chi connectivity index (χ1n) is 5.62. The van der Waals surface area contributed by atoms with Gasteiger partial charge in [-0.2, -0.15) is 0 Å². The molecule has 0 atom stereocenters. The molecule has 5 heteroatoms. The molecule has 0 saturated heterocycles. The Morgan fingerprint density at radius 3 is 2.56 bits per heavy atom. The number of methoxy groups -OCH3 is 1. The van der Waals surface area contributed by atoms with E-state index in [1.54, 1.807) is 19.4 Å². The topological polar surface area (TPSA) is 61.3 Å². The van der Waals surface area contributed by atoms with E-state index in [-0.39, 0.29) is 11.8 Å². The Labute approximate surface area is 111 Å². The fourth-order valence-electron chi connectivity index (χ4n) is 2.03. The molecule has 0 spiro atoms. The van der Waals surface area contributed by atoms with Crippen LogP contribution >= 0.6 is 11.6 Å². The Morgan fingerprint density at radius 2 is 2.06 bits per heavy atom. The molecule has 4 nitrogen and oxygen atoms in total. The van der Waals surface area contributed by atoms with Crippen molar-refractivity contribution in [1.29, 1.82) is 0 Å². The fourth-order valence-corrected chi connectivity index (χ4v) is 2.24. The summed E-state index contributed by atoms with van der Waals surface area (Å²) in [5.74, 6) is 1.29. The summed E-state index contributed by atoms with van der Waals surface area (Å²) in [6.07, 6.45) is 1.59. The third-order valence-electron chi connectivity index (χ3n) is 2.79. The van der Waals surface area contributed by atoms with Gasteiger partial charge in [-0.3, -0.25) is 0 Å². The number of hydrogen-bond acceptors (Lipinski definition) is 4. The largest absolute Gasteiger partial charge is 0.496 e. The van der Waals surface area contributed by atoms with Gasteiger partial charge in [0.2, 0.25) is 5.88 Å². The van der Waals surface area contributed by atoms with Crippen LogP contribution in [0.2, 0.25) is 5.02 Å². The van der Waals surface area contributed by atoms with Gasteiger partial charge in [-0.15, -0.1) is 0 Å². The van der Waals surface area contributed by atoms with Crippen molar-refractivity contribution in [1.82, 2.24) is 5.16 Å². The van der Waals surface area contributed by atoms with Gasteiger partial charge in [0.15, 0.2) is 0 Å². The van der Waals surface area contributed by atoms with E-state index in [0.717, 1.165) is 22.4 Å². The van der Waals surface area contributed by atoms with Gasteiger partial charge < -0.3 is 15.0 Å². The number of hydrogen-bond donors (Lipinski definition) is 1. The maximum atomic E-state index is 6.10. The second-order valence-electron chi connectivity index (χ2n) is 4.33. The zero-order valence-electron chi connectivity index (χ0n) is 10.5. The fraction of sp³-hybridized carbons (Fsp3) is 0.308. The molecule has 0 aliphatic rings. The van der Waals surface area contributed by atoms with E-state index in [1.165, 1.54) is 0 Å². The van der Waals surface area contributed by atoms with Crippen LogP contribution in [0.15, 0.2) is 22.9 Å². The molecule has 0 aliphatic carbocycles. The summed E-state index contributed by atoms with van der Waals surface area (Å²) in [6, 6.07) is 3.65. The standard InChI is InChI=1S/C13H15ClN2O2/c1-7(2)12-9(10-6-16-18-13(10)15)4-8(14)5-11(12)17-3/h4-7H,15H2,1-3H3. The first-order chi connectivity index (χ1) is 8.54. The highest BCUT2D eigenvalue weighted by Crippen LogP contribution is 2.40. The molecule has 96 valence electrons. The van der Waals surface area contributed by atoms with E-state index in [2.05, 4.69) is 19.0 Å². The van der Waals surface area contributed by atoms with Crippen LogP contribution in [0.3, 0.4) is 0 Å². The normalized spacial score (nSPS) is 10.9. The van der Waals surface area contributed by atoms with Crippen molar-refractivity contribution in [3.63, 3.8) is 0 Å². The first kappa shape index (κ1) is 12.8. The Hall–Kier alpha value is -1.68. The van der Waals surface area contributed by atoms with Crippen LogP contribution in [0.25, 0.3) is 11.1 Å². The molecule has 1 aromatic carbocycles. The summed E-state index contributed by atoms with van der Waals surface area (Å²) < 4.78 is 10.3. The van der Waals surface area contributed by atoms with E-state index < -0.39 is 0 Å². The quantitative estimate of drug-likeness (QED) is 0.920. The van der Waals surface area contributed by atoms with Crippen LogP contribution in [0.5, 0.6) is 5.75 Å². The summed E-state index contributed by atoms with van der Waals surface area (Å²) in [6.45, 7) is 4.16. The lowest BCUT2D eigenvalue weighted by Gasteiger charge is -2.16. The molecule has 1 aromatic heterocycles. The summed E-state index contributed by atoms with van der Waals surface area (Å²) in [5.41, 5.74) is 8.44. The lowest BCUT2D eigenvalue weighted by molar-refractivity contribution is 0.408. The molecular weight excluding hydrogens is 252 g/mol. The van der Waals surface area contributed by atoms with Crippen LogP contribution in [-0.4, -0.2) is 12.3 Å². The number of rotatable bonds is 3. The second-order valence-corrected chi connectivity index (χ2v) is 4.76. The van der Waals surface area contributed by atoms with Gasteiger partial charge in [0.1, 0.15) is 5.75 Å². The van der Waals surface area contributed by atoms with Gasteiger partial charge in [-0.1, -0.05) is 30.6 Å². The zero-order valence-corrected chi connectivity index (χ0v) is 11.3. The average Bonchev–Trinajstić information content (AvgIpc) is 2.73. The number of anilines is 1. The lowest BCUT2D eigenvalue weighted by Crippen LogP contribution is -1.98. The molecule has 0 fully saturated rings. The number of aromatic nitrogens is 1.